The van der Waals surface area contributed by atoms with Crippen molar-refractivity contribution in [3.63, 3.8) is 0 Å². The topological polar surface area (TPSA) is 46.6 Å². The highest BCUT2D eigenvalue weighted by Gasteiger charge is 2.32. The van der Waals surface area contributed by atoms with E-state index >= 15 is 0 Å². The lowest BCUT2D eigenvalue weighted by molar-refractivity contribution is 0.00945. The molecular weight excluding hydrogens is 297 g/mol. The van der Waals surface area contributed by atoms with Crippen molar-refractivity contribution in [2.75, 3.05) is 6.54 Å². The number of ketones is 1. The van der Waals surface area contributed by atoms with Crippen LogP contribution in [0.4, 0.5) is 9.18 Å². The Hall–Kier alpha value is -1.91. The van der Waals surface area contributed by atoms with Crippen molar-refractivity contribution in [1.29, 1.82) is 0 Å². The van der Waals surface area contributed by atoms with Gasteiger partial charge >= 0.3 is 6.09 Å². The second kappa shape index (κ2) is 7.11. The molecule has 1 aromatic carbocycles. The number of ether oxygens (including phenoxy) is 1. The summed E-state index contributed by atoms with van der Waals surface area (Å²) in [5, 5.41) is 0. The van der Waals surface area contributed by atoms with E-state index in [2.05, 4.69) is 0 Å². The Balaban J connectivity index is 2.08. The summed E-state index contributed by atoms with van der Waals surface area (Å²) >= 11 is 0. The fourth-order valence-electron chi connectivity index (χ4n) is 2.78. The Labute approximate surface area is 136 Å². The number of halogens is 1. The van der Waals surface area contributed by atoms with Crippen LogP contribution in [0, 0.1) is 5.82 Å². The van der Waals surface area contributed by atoms with E-state index in [1.165, 1.54) is 12.1 Å². The van der Waals surface area contributed by atoms with Gasteiger partial charge in [0.25, 0.3) is 0 Å². The van der Waals surface area contributed by atoms with Crippen LogP contribution in [0.5, 0.6) is 0 Å². The minimum atomic E-state index is -0.575. The Morgan fingerprint density at radius 2 is 1.96 bits per heavy atom. The summed E-state index contributed by atoms with van der Waals surface area (Å²) in [5.41, 5.74) is -0.489. The number of rotatable bonds is 3. The van der Waals surface area contributed by atoms with E-state index < -0.39 is 17.5 Å². The zero-order valence-corrected chi connectivity index (χ0v) is 14.0. The summed E-state index contributed by atoms with van der Waals surface area (Å²) in [5.74, 6) is -0.791. The summed E-state index contributed by atoms with van der Waals surface area (Å²) < 4.78 is 19.2. The molecule has 0 spiro atoms. The van der Waals surface area contributed by atoms with Crippen LogP contribution >= 0.6 is 0 Å². The number of benzene rings is 1. The van der Waals surface area contributed by atoms with Crippen molar-refractivity contribution in [3.8, 4) is 0 Å². The standard InChI is InChI=1S/C18H24FNO3/c1-18(2,3)23-17(22)20-11-7-6-8-13(20)12-16(21)14-9-4-5-10-15(14)19/h4-5,9-10,13H,6-8,11-12H2,1-3H3. The number of Topliss-reactive ketones (excluding diaryl/α,β-unsaturated/α-hetero) is 1. The van der Waals surface area contributed by atoms with E-state index in [4.69, 9.17) is 4.74 Å². The monoisotopic (exact) mass is 321 g/mol. The quantitative estimate of drug-likeness (QED) is 0.784. The van der Waals surface area contributed by atoms with Gasteiger partial charge in [0.1, 0.15) is 11.4 Å². The van der Waals surface area contributed by atoms with Gasteiger partial charge in [-0.25, -0.2) is 9.18 Å². The van der Waals surface area contributed by atoms with Crippen LogP contribution in [-0.4, -0.2) is 35.0 Å². The highest BCUT2D eigenvalue weighted by molar-refractivity contribution is 5.96. The fourth-order valence-corrected chi connectivity index (χ4v) is 2.78. The average Bonchev–Trinajstić information content (AvgIpc) is 2.46. The van der Waals surface area contributed by atoms with Crippen molar-refractivity contribution in [2.24, 2.45) is 0 Å². The van der Waals surface area contributed by atoms with Crippen LogP contribution in [0.3, 0.4) is 0 Å². The Kier molecular flexibility index (Phi) is 5.39. The lowest BCUT2D eigenvalue weighted by Gasteiger charge is -2.36. The first-order chi connectivity index (χ1) is 10.8. The fraction of sp³-hybridized carbons (Fsp3) is 0.556. The lowest BCUT2D eigenvalue weighted by Crippen LogP contribution is -2.47. The van der Waals surface area contributed by atoms with Crippen molar-refractivity contribution < 1.29 is 18.7 Å². The molecule has 0 aliphatic carbocycles. The largest absolute Gasteiger partial charge is 0.444 e. The molecule has 126 valence electrons. The first kappa shape index (κ1) is 17.4. The Bertz CT molecular complexity index is 580. The molecule has 2 rings (SSSR count). The molecule has 0 saturated carbocycles. The predicted octanol–water partition coefficient (Wildman–Crippen LogP) is 4.19. The number of nitrogens with zero attached hydrogens (tertiary/aromatic N) is 1. The summed E-state index contributed by atoms with van der Waals surface area (Å²) in [6, 6.07) is 5.73. The normalized spacial score (nSPS) is 18.6. The summed E-state index contributed by atoms with van der Waals surface area (Å²) in [6.07, 6.45) is 2.31. The van der Waals surface area contributed by atoms with Crippen molar-refractivity contribution >= 4 is 11.9 Å². The number of hydrogen-bond acceptors (Lipinski definition) is 3. The Morgan fingerprint density at radius 1 is 1.26 bits per heavy atom. The number of piperidine rings is 1. The van der Waals surface area contributed by atoms with Crippen LogP contribution in [0.25, 0.3) is 0 Å². The van der Waals surface area contributed by atoms with Gasteiger partial charge in [0.2, 0.25) is 0 Å². The third-order valence-corrected chi connectivity index (χ3v) is 3.85. The van der Waals surface area contributed by atoms with Crippen molar-refractivity contribution in [2.45, 2.75) is 58.1 Å². The summed E-state index contributed by atoms with van der Waals surface area (Å²) in [7, 11) is 0. The first-order valence-electron chi connectivity index (χ1n) is 8.05. The second-order valence-corrected chi connectivity index (χ2v) is 6.93. The molecule has 1 saturated heterocycles. The molecular formula is C18H24FNO3. The van der Waals surface area contributed by atoms with Crippen molar-refractivity contribution in [1.82, 2.24) is 4.90 Å². The van der Waals surface area contributed by atoms with E-state index in [0.29, 0.717) is 6.54 Å². The average molecular weight is 321 g/mol. The number of carbonyl (C=O) groups is 2. The number of carbonyl (C=O) groups excluding carboxylic acids is 2. The summed E-state index contributed by atoms with van der Waals surface area (Å²) in [4.78, 5) is 26.3. The minimum Gasteiger partial charge on any atom is -0.444 e. The van der Waals surface area contributed by atoms with Crippen LogP contribution in [0.15, 0.2) is 24.3 Å². The van der Waals surface area contributed by atoms with Gasteiger partial charge in [-0.05, 0) is 52.2 Å². The van der Waals surface area contributed by atoms with Crippen LogP contribution in [0.1, 0.15) is 56.8 Å². The molecule has 1 unspecified atom stereocenters. The van der Waals surface area contributed by atoms with Gasteiger partial charge in [-0.2, -0.15) is 0 Å². The predicted molar refractivity (Wildman–Crippen MR) is 85.9 cm³/mol. The maximum absolute atomic E-state index is 13.7. The van der Waals surface area contributed by atoms with Gasteiger partial charge in [-0.3, -0.25) is 4.79 Å². The van der Waals surface area contributed by atoms with Crippen LogP contribution in [0.2, 0.25) is 0 Å². The van der Waals surface area contributed by atoms with Gasteiger partial charge in [-0.15, -0.1) is 0 Å². The lowest BCUT2D eigenvalue weighted by atomic mass is 9.95. The number of amides is 1. The molecule has 1 aliphatic rings. The smallest absolute Gasteiger partial charge is 0.410 e. The summed E-state index contributed by atoms with van der Waals surface area (Å²) in [6.45, 7) is 6.02. The SMILES string of the molecule is CC(C)(C)OC(=O)N1CCCCC1CC(=O)c1ccccc1F. The molecule has 1 aliphatic heterocycles. The molecule has 5 heteroatoms. The van der Waals surface area contributed by atoms with E-state index in [-0.39, 0.29) is 23.8 Å². The second-order valence-electron chi connectivity index (χ2n) is 6.93. The number of likely N-dealkylation sites (tertiary alicyclic amines) is 1. The molecule has 0 bridgehead atoms. The van der Waals surface area contributed by atoms with E-state index in [1.807, 2.05) is 20.8 Å². The van der Waals surface area contributed by atoms with Gasteiger partial charge in [0.15, 0.2) is 5.78 Å². The van der Waals surface area contributed by atoms with Gasteiger partial charge < -0.3 is 9.64 Å². The molecule has 0 radical (unpaired) electrons. The third-order valence-electron chi connectivity index (χ3n) is 3.85. The molecule has 0 N–H and O–H groups in total. The van der Waals surface area contributed by atoms with Gasteiger partial charge in [0, 0.05) is 19.0 Å². The zero-order valence-electron chi connectivity index (χ0n) is 14.0. The van der Waals surface area contributed by atoms with E-state index in [0.717, 1.165) is 19.3 Å². The van der Waals surface area contributed by atoms with Crippen molar-refractivity contribution in [3.05, 3.63) is 35.6 Å². The molecule has 0 aromatic heterocycles. The Morgan fingerprint density at radius 3 is 2.61 bits per heavy atom. The maximum atomic E-state index is 13.7. The molecule has 1 atom stereocenters. The third kappa shape index (κ3) is 4.78. The zero-order chi connectivity index (χ0) is 17.0. The highest BCUT2D eigenvalue weighted by atomic mass is 19.1. The molecule has 1 amide bonds. The molecule has 1 heterocycles. The maximum Gasteiger partial charge on any atom is 0.410 e. The molecule has 4 nitrogen and oxygen atoms in total. The van der Waals surface area contributed by atoms with Crippen LogP contribution < -0.4 is 0 Å². The van der Waals surface area contributed by atoms with E-state index in [1.54, 1.807) is 17.0 Å². The van der Waals surface area contributed by atoms with E-state index in [9.17, 15) is 14.0 Å². The molecule has 23 heavy (non-hydrogen) atoms. The van der Waals surface area contributed by atoms with Gasteiger partial charge in [0.05, 0.1) is 5.56 Å². The van der Waals surface area contributed by atoms with Crippen LogP contribution in [-0.2, 0) is 4.74 Å². The molecule has 1 aromatic rings. The highest BCUT2D eigenvalue weighted by Crippen LogP contribution is 2.24. The molecule has 1 fully saturated rings. The number of hydrogen-bond donors (Lipinski definition) is 0. The van der Waals surface area contributed by atoms with Gasteiger partial charge in [-0.1, -0.05) is 12.1 Å². The first-order valence-corrected chi connectivity index (χ1v) is 8.05. The minimum absolute atomic E-state index is 0.0854.